The van der Waals surface area contributed by atoms with Gasteiger partial charge in [0, 0.05) is 31.2 Å². The first-order valence-corrected chi connectivity index (χ1v) is 4.85. The Morgan fingerprint density at radius 1 is 1.17 bits per heavy atom. The zero-order valence-corrected chi connectivity index (χ0v) is 7.92. The van der Waals surface area contributed by atoms with E-state index in [0.29, 0.717) is 12.1 Å². The third kappa shape index (κ3) is 1.37. The number of hydrogen-bond acceptors (Lipinski definition) is 3. The molecule has 0 aromatic rings. The van der Waals surface area contributed by atoms with E-state index in [2.05, 4.69) is 24.1 Å². The number of morpholine rings is 1. The first kappa shape index (κ1) is 8.48. The van der Waals surface area contributed by atoms with Crippen LogP contribution in [-0.4, -0.2) is 49.3 Å². The van der Waals surface area contributed by atoms with Gasteiger partial charge in [-0.1, -0.05) is 0 Å². The highest BCUT2D eigenvalue weighted by atomic mass is 16.5. The maximum atomic E-state index is 5.48. The van der Waals surface area contributed by atoms with Crippen LogP contribution in [0.5, 0.6) is 0 Å². The summed E-state index contributed by atoms with van der Waals surface area (Å²) in [5.74, 6) is 0. The fourth-order valence-corrected chi connectivity index (χ4v) is 2.22. The number of nitrogens with zero attached hydrogens (tertiary/aromatic N) is 1. The first-order chi connectivity index (χ1) is 5.79. The summed E-state index contributed by atoms with van der Waals surface area (Å²) in [4.78, 5) is 2.60. The van der Waals surface area contributed by atoms with E-state index < -0.39 is 0 Å². The molecule has 2 saturated heterocycles. The molecule has 0 saturated carbocycles. The first-order valence-electron chi connectivity index (χ1n) is 4.85. The van der Waals surface area contributed by atoms with Gasteiger partial charge in [0.25, 0.3) is 0 Å². The summed E-state index contributed by atoms with van der Waals surface area (Å²) in [7, 11) is 0. The van der Waals surface area contributed by atoms with Crippen LogP contribution in [0.25, 0.3) is 0 Å². The molecule has 2 atom stereocenters. The highest BCUT2D eigenvalue weighted by molar-refractivity contribution is 4.91. The second-order valence-corrected chi connectivity index (χ2v) is 3.99. The van der Waals surface area contributed by atoms with Crippen molar-refractivity contribution < 1.29 is 4.74 Å². The summed E-state index contributed by atoms with van der Waals surface area (Å²) < 4.78 is 5.48. The quantitative estimate of drug-likeness (QED) is 0.602. The lowest BCUT2D eigenvalue weighted by molar-refractivity contribution is -0.0675. The minimum absolute atomic E-state index is 0.598. The number of nitrogens with one attached hydrogen (secondary N) is 1. The molecule has 2 rings (SSSR count). The van der Waals surface area contributed by atoms with E-state index in [1.54, 1.807) is 0 Å². The van der Waals surface area contributed by atoms with Crippen molar-refractivity contribution in [3.8, 4) is 0 Å². The van der Waals surface area contributed by atoms with Crippen LogP contribution in [0, 0.1) is 0 Å². The van der Waals surface area contributed by atoms with E-state index in [0.717, 1.165) is 32.3 Å². The lowest BCUT2D eigenvalue weighted by Gasteiger charge is -2.47. The summed E-state index contributed by atoms with van der Waals surface area (Å²) in [5.41, 5.74) is 0. The highest BCUT2D eigenvalue weighted by Gasteiger charge is 2.34. The monoisotopic (exact) mass is 170 g/mol. The predicted octanol–water partition coefficient (Wildman–Crippen LogP) is 0.0674. The summed E-state index contributed by atoms with van der Waals surface area (Å²) in [6, 6.07) is 1.96. The molecule has 2 aliphatic rings. The van der Waals surface area contributed by atoms with Crippen molar-refractivity contribution in [1.82, 2.24) is 10.2 Å². The zero-order valence-electron chi connectivity index (χ0n) is 7.92. The predicted molar refractivity (Wildman–Crippen MR) is 48.2 cm³/mol. The number of hydrogen-bond donors (Lipinski definition) is 1. The van der Waals surface area contributed by atoms with Crippen LogP contribution in [0.2, 0.25) is 0 Å². The molecule has 70 valence electrons. The smallest absolute Gasteiger partial charge is 0.0620 e. The van der Waals surface area contributed by atoms with Gasteiger partial charge in [-0.25, -0.2) is 0 Å². The van der Waals surface area contributed by atoms with Crippen LogP contribution in [0.1, 0.15) is 13.8 Å². The maximum absolute atomic E-state index is 5.48. The third-order valence-electron chi connectivity index (χ3n) is 2.92. The maximum Gasteiger partial charge on any atom is 0.0620 e. The van der Waals surface area contributed by atoms with Crippen LogP contribution in [0.15, 0.2) is 0 Å². The van der Waals surface area contributed by atoms with Crippen molar-refractivity contribution in [3.05, 3.63) is 0 Å². The van der Waals surface area contributed by atoms with Gasteiger partial charge in [0.05, 0.1) is 13.2 Å². The molecule has 0 spiro atoms. The molecular weight excluding hydrogens is 152 g/mol. The van der Waals surface area contributed by atoms with Crippen LogP contribution in [0.3, 0.4) is 0 Å². The Hall–Kier alpha value is -0.120. The lowest BCUT2D eigenvalue weighted by Crippen LogP contribution is -2.64. The van der Waals surface area contributed by atoms with E-state index in [4.69, 9.17) is 4.74 Å². The minimum Gasteiger partial charge on any atom is -0.378 e. The third-order valence-corrected chi connectivity index (χ3v) is 2.92. The summed E-state index contributed by atoms with van der Waals surface area (Å²) in [6.45, 7) is 8.65. The molecule has 3 nitrogen and oxygen atoms in total. The molecule has 0 aliphatic carbocycles. The second-order valence-electron chi connectivity index (χ2n) is 3.99. The molecule has 12 heavy (non-hydrogen) atoms. The molecule has 0 aromatic heterocycles. The van der Waals surface area contributed by atoms with Crippen LogP contribution >= 0.6 is 0 Å². The van der Waals surface area contributed by atoms with Crippen molar-refractivity contribution in [2.45, 2.75) is 32.0 Å². The number of ether oxygens (including phenoxy) is 1. The number of rotatable bonds is 1. The van der Waals surface area contributed by atoms with Gasteiger partial charge >= 0.3 is 0 Å². The molecule has 2 aliphatic heterocycles. The van der Waals surface area contributed by atoms with Crippen molar-refractivity contribution >= 4 is 0 Å². The van der Waals surface area contributed by atoms with Crippen molar-refractivity contribution in [3.63, 3.8) is 0 Å². The van der Waals surface area contributed by atoms with Crippen LogP contribution < -0.4 is 5.32 Å². The molecule has 0 bridgehead atoms. The van der Waals surface area contributed by atoms with E-state index in [9.17, 15) is 0 Å². The van der Waals surface area contributed by atoms with Crippen LogP contribution in [-0.2, 0) is 4.74 Å². The molecule has 1 N–H and O–H groups in total. The Labute approximate surface area is 74.1 Å². The molecule has 0 radical (unpaired) electrons. The topological polar surface area (TPSA) is 24.5 Å². The summed E-state index contributed by atoms with van der Waals surface area (Å²) >= 11 is 0. The van der Waals surface area contributed by atoms with Crippen LogP contribution in [0.4, 0.5) is 0 Å². The fourth-order valence-electron chi connectivity index (χ4n) is 2.22. The molecule has 2 heterocycles. The van der Waals surface area contributed by atoms with Gasteiger partial charge in [-0.15, -0.1) is 0 Å². The van der Waals surface area contributed by atoms with Crippen molar-refractivity contribution in [1.29, 1.82) is 0 Å². The highest BCUT2D eigenvalue weighted by Crippen LogP contribution is 2.18. The van der Waals surface area contributed by atoms with Gasteiger partial charge in [-0.2, -0.15) is 0 Å². The molecule has 0 aromatic carbocycles. The Balaban J connectivity index is 1.97. The minimum atomic E-state index is 0.598. The van der Waals surface area contributed by atoms with Gasteiger partial charge in [0.1, 0.15) is 0 Å². The Bertz CT molecular complexity index is 146. The van der Waals surface area contributed by atoms with Gasteiger partial charge < -0.3 is 10.1 Å². The Kier molecular flexibility index (Phi) is 2.35. The van der Waals surface area contributed by atoms with Gasteiger partial charge in [-0.3, -0.25) is 4.90 Å². The van der Waals surface area contributed by atoms with E-state index >= 15 is 0 Å². The second kappa shape index (κ2) is 3.32. The zero-order chi connectivity index (χ0) is 8.55. The van der Waals surface area contributed by atoms with Gasteiger partial charge in [0.2, 0.25) is 0 Å². The largest absolute Gasteiger partial charge is 0.378 e. The average Bonchev–Trinajstić information content (AvgIpc) is 1.93. The lowest BCUT2D eigenvalue weighted by atomic mass is 10.0. The van der Waals surface area contributed by atoms with Crippen molar-refractivity contribution in [2.24, 2.45) is 0 Å². The van der Waals surface area contributed by atoms with E-state index in [1.165, 1.54) is 0 Å². The molecule has 3 heteroatoms. The summed E-state index contributed by atoms with van der Waals surface area (Å²) in [5, 5.41) is 3.32. The average molecular weight is 170 g/mol. The molecular formula is C9H18N2O. The van der Waals surface area contributed by atoms with Crippen molar-refractivity contribution in [2.75, 3.05) is 26.3 Å². The molecule has 2 unspecified atom stereocenters. The Morgan fingerprint density at radius 3 is 2.17 bits per heavy atom. The van der Waals surface area contributed by atoms with E-state index in [-0.39, 0.29) is 0 Å². The SMILES string of the molecule is CC1COCC(C)N1C1CNC1. The van der Waals surface area contributed by atoms with Gasteiger partial charge in [-0.05, 0) is 13.8 Å². The normalized spacial score (nSPS) is 39.5. The molecule has 2 fully saturated rings. The molecule has 0 amide bonds. The van der Waals surface area contributed by atoms with E-state index in [1.807, 2.05) is 0 Å². The standard InChI is InChI=1S/C9H18N2O/c1-7-5-12-6-8(2)11(7)9-3-10-4-9/h7-10H,3-6H2,1-2H3. The van der Waals surface area contributed by atoms with Gasteiger partial charge in [0.15, 0.2) is 0 Å². The Morgan fingerprint density at radius 2 is 1.75 bits per heavy atom. The fraction of sp³-hybridized carbons (Fsp3) is 1.00. The summed E-state index contributed by atoms with van der Waals surface area (Å²) in [6.07, 6.45) is 0.